The zero-order valence-corrected chi connectivity index (χ0v) is 11.0. The van der Waals surface area contributed by atoms with Crippen LogP contribution in [0.25, 0.3) is 0 Å². The van der Waals surface area contributed by atoms with Crippen LogP contribution >= 0.6 is 0 Å². The molecule has 1 aromatic carbocycles. The minimum Gasteiger partial charge on any atom is -0.377 e. The monoisotopic (exact) mass is 234 g/mol. The molecule has 1 aliphatic rings. The molecule has 0 aromatic heterocycles. The summed E-state index contributed by atoms with van der Waals surface area (Å²) in [5.41, 5.74) is 2.75. The van der Waals surface area contributed by atoms with Crippen LogP contribution in [0.1, 0.15) is 19.4 Å². The van der Waals surface area contributed by atoms with E-state index in [1.807, 2.05) is 7.05 Å². The molecule has 0 saturated carbocycles. The van der Waals surface area contributed by atoms with Crippen LogP contribution in [-0.4, -0.2) is 32.3 Å². The number of nitrogens with one attached hydrogen (secondary N) is 1. The quantitative estimate of drug-likeness (QED) is 0.866. The van der Waals surface area contributed by atoms with Gasteiger partial charge in [-0.25, -0.2) is 0 Å². The number of para-hydroxylation sites is 1. The van der Waals surface area contributed by atoms with Crippen molar-refractivity contribution in [2.75, 3.05) is 31.7 Å². The van der Waals surface area contributed by atoms with Crippen LogP contribution in [0.5, 0.6) is 0 Å². The molecular formula is C14H22N2O. The predicted octanol–water partition coefficient (Wildman–Crippen LogP) is 2.02. The fourth-order valence-electron chi connectivity index (χ4n) is 2.42. The largest absolute Gasteiger partial charge is 0.377 e. The predicted molar refractivity (Wildman–Crippen MR) is 71.4 cm³/mol. The van der Waals surface area contributed by atoms with Crippen molar-refractivity contribution >= 4 is 5.69 Å². The van der Waals surface area contributed by atoms with Crippen LogP contribution in [0.15, 0.2) is 24.3 Å². The minimum absolute atomic E-state index is 0.0715. The highest BCUT2D eigenvalue weighted by Gasteiger charge is 2.31. The van der Waals surface area contributed by atoms with E-state index in [1.54, 1.807) is 0 Å². The van der Waals surface area contributed by atoms with Gasteiger partial charge in [0, 0.05) is 18.8 Å². The second kappa shape index (κ2) is 5.07. The van der Waals surface area contributed by atoms with Gasteiger partial charge in [-0.1, -0.05) is 18.2 Å². The lowest BCUT2D eigenvalue weighted by molar-refractivity contribution is 0.0643. The van der Waals surface area contributed by atoms with Gasteiger partial charge in [-0.15, -0.1) is 0 Å². The molecule has 1 saturated heterocycles. The summed E-state index contributed by atoms with van der Waals surface area (Å²) in [6.45, 7) is 7.96. The molecule has 94 valence electrons. The molecule has 3 nitrogen and oxygen atoms in total. The number of hydrogen-bond acceptors (Lipinski definition) is 3. The van der Waals surface area contributed by atoms with Gasteiger partial charge in [0.1, 0.15) is 0 Å². The third kappa shape index (κ3) is 2.61. The van der Waals surface area contributed by atoms with E-state index >= 15 is 0 Å². The Bertz CT molecular complexity index is 376. The Kier molecular flexibility index (Phi) is 3.69. The van der Waals surface area contributed by atoms with E-state index in [1.165, 1.54) is 11.3 Å². The summed E-state index contributed by atoms with van der Waals surface area (Å²) in [5.74, 6) is 0. The Labute approximate surface area is 104 Å². The van der Waals surface area contributed by atoms with Crippen molar-refractivity contribution in [2.24, 2.45) is 0 Å². The molecule has 0 bridgehead atoms. The van der Waals surface area contributed by atoms with E-state index in [0.717, 1.165) is 26.3 Å². The first-order valence-electron chi connectivity index (χ1n) is 6.23. The molecule has 0 amide bonds. The van der Waals surface area contributed by atoms with E-state index in [2.05, 4.69) is 48.3 Å². The highest BCUT2D eigenvalue weighted by atomic mass is 16.5. The number of anilines is 1. The van der Waals surface area contributed by atoms with Crippen LogP contribution in [0.3, 0.4) is 0 Å². The first-order valence-corrected chi connectivity index (χ1v) is 6.23. The molecule has 0 spiro atoms. The molecule has 1 fully saturated rings. The molecular weight excluding hydrogens is 212 g/mol. The molecule has 0 unspecified atom stereocenters. The SMILES string of the molecule is CNCc1ccccc1N1CCOCC1(C)C. The number of ether oxygens (including phenoxy) is 1. The fraction of sp³-hybridized carbons (Fsp3) is 0.571. The summed E-state index contributed by atoms with van der Waals surface area (Å²) in [7, 11) is 1.99. The highest BCUT2D eigenvalue weighted by Crippen LogP contribution is 2.29. The summed E-state index contributed by atoms with van der Waals surface area (Å²) in [6, 6.07) is 8.61. The Morgan fingerprint density at radius 3 is 2.82 bits per heavy atom. The van der Waals surface area contributed by atoms with Crippen LogP contribution in [0, 0.1) is 0 Å². The normalized spacial score (nSPS) is 19.4. The molecule has 0 atom stereocenters. The number of morpholine rings is 1. The van der Waals surface area contributed by atoms with Gasteiger partial charge < -0.3 is 15.0 Å². The van der Waals surface area contributed by atoms with Crippen molar-refractivity contribution in [3.05, 3.63) is 29.8 Å². The maximum Gasteiger partial charge on any atom is 0.0694 e. The standard InChI is InChI=1S/C14H22N2O/c1-14(2)11-17-9-8-16(14)13-7-5-4-6-12(13)10-15-3/h4-7,15H,8-11H2,1-3H3. The summed E-state index contributed by atoms with van der Waals surface area (Å²) in [6.07, 6.45) is 0. The van der Waals surface area contributed by atoms with Gasteiger partial charge in [0.2, 0.25) is 0 Å². The first-order chi connectivity index (χ1) is 8.15. The Morgan fingerprint density at radius 2 is 2.12 bits per heavy atom. The number of benzene rings is 1. The van der Waals surface area contributed by atoms with Gasteiger partial charge in [0.05, 0.1) is 18.8 Å². The van der Waals surface area contributed by atoms with Gasteiger partial charge in [-0.05, 0) is 32.5 Å². The molecule has 0 aliphatic carbocycles. The Balaban J connectivity index is 2.31. The van der Waals surface area contributed by atoms with Gasteiger partial charge in [-0.2, -0.15) is 0 Å². The maximum atomic E-state index is 5.58. The van der Waals surface area contributed by atoms with E-state index in [-0.39, 0.29) is 5.54 Å². The average molecular weight is 234 g/mol. The van der Waals surface area contributed by atoms with E-state index in [9.17, 15) is 0 Å². The summed E-state index contributed by atoms with van der Waals surface area (Å²) in [5, 5.41) is 3.23. The minimum atomic E-state index is 0.0715. The number of rotatable bonds is 3. The molecule has 1 N–H and O–H groups in total. The van der Waals surface area contributed by atoms with Crippen LogP contribution in [0.4, 0.5) is 5.69 Å². The fourth-order valence-corrected chi connectivity index (χ4v) is 2.42. The zero-order chi connectivity index (χ0) is 12.3. The molecule has 0 radical (unpaired) electrons. The van der Waals surface area contributed by atoms with Gasteiger partial charge in [0.15, 0.2) is 0 Å². The number of hydrogen-bond donors (Lipinski definition) is 1. The van der Waals surface area contributed by atoms with Crippen molar-refractivity contribution < 1.29 is 4.74 Å². The van der Waals surface area contributed by atoms with Crippen molar-refractivity contribution in [3.8, 4) is 0 Å². The molecule has 1 aliphatic heterocycles. The van der Waals surface area contributed by atoms with E-state index in [0.29, 0.717) is 0 Å². The van der Waals surface area contributed by atoms with E-state index in [4.69, 9.17) is 4.74 Å². The maximum absolute atomic E-state index is 5.58. The molecule has 3 heteroatoms. The topological polar surface area (TPSA) is 24.5 Å². The highest BCUT2D eigenvalue weighted by molar-refractivity contribution is 5.56. The lowest BCUT2D eigenvalue weighted by atomic mass is 9.99. The lowest BCUT2D eigenvalue weighted by Crippen LogP contribution is -2.53. The summed E-state index contributed by atoms with van der Waals surface area (Å²) < 4.78 is 5.58. The van der Waals surface area contributed by atoms with Crippen LogP contribution < -0.4 is 10.2 Å². The summed E-state index contributed by atoms with van der Waals surface area (Å²) >= 11 is 0. The zero-order valence-electron chi connectivity index (χ0n) is 11.0. The van der Waals surface area contributed by atoms with Crippen LogP contribution in [0.2, 0.25) is 0 Å². The number of nitrogens with zero attached hydrogens (tertiary/aromatic N) is 1. The van der Waals surface area contributed by atoms with Crippen molar-refractivity contribution in [3.63, 3.8) is 0 Å². The average Bonchev–Trinajstić information content (AvgIpc) is 2.30. The van der Waals surface area contributed by atoms with Crippen molar-refractivity contribution in [1.82, 2.24) is 5.32 Å². The Hall–Kier alpha value is -1.06. The van der Waals surface area contributed by atoms with Gasteiger partial charge in [-0.3, -0.25) is 0 Å². The summed E-state index contributed by atoms with van der Waals surface area (Å²) in [4.78, 5) is 2.46. The van der Waals surface area contributed by atoms with E-state index < -0.39 is 0 Å². The second-order valence-corrected chi connectivity index (χ2v) is 5.18. The molecule has 1 heterocycles. The van der Waals surface area contributed by atoms with Crippen molar-refractivity contribution in [1.29, 1.82) is 0 Å². The third-order valence-electron chi connectivity index (χ3n) is 3.29. The molecule has 17 heavy (non-hydrogen) atoms. The smallest absolute Gasteiger partial charge is 0.0694 e. The van der Waals surface area contributed by atoms with Crippen LogP contribution in [-0.2, 0) is 11.3 Å². The van der Waals surface area contributed by atoms with Gasteiger partial charge in [0.25, 0.3) is 0 Å². The molecule has 1 aromatic rings. The molecule has 2 rings (SSSR count). The Morgan fingerprint density at radius 1 is 1.35 bits per heavy atom. The second-order valence-electron chi connectivity index (χ2n) is 5.18. The first kappa shape index (κ1) is 12.4. The third-order valence-corrected chi connectivity index (χ3v) is 3.29. The van der Waals surface area contributed by atoms with Gasteiger partial charge >= 0.3 is 0 Å². The van der Waals surface area contributed by atoms with Crippen molar-refractivity contribution in [2.45, 2.75) is 25.9 Å². The lowest BCUT2D eigenvalue weighted by Gasteiger charge is -2.44.